The molecule has 1 aliphatic rings. The Morgan fingerprint density at radius 1 is 1.03 bits per heavy atom. The lowest BCUT2D eigenvalue weighted by Crippen LogP contribution is -2.43. The van der Waals surface area contributed by atoms with E-state index in [0.717, 1.165) is 0 Å². The molecule has 180 valence electrons. The summed E-state index contributed by atoms with van der Waals surface area (Å²) in [7, 11) is -7.48. The van der Waals surface area contributed by atoms with Crippen molar-refractivity contribution in [1.82, 2.24) is 14.5 Å². The minimum Gasteiger partial charge on any atom is -0.407 e. The second-order valence-corrected chi connectivity index (χ2v) is 12.1. The van der Waals surface area contributed by atoms with Crippen LogP contribution in [0.15, 0.2) is 68.8 Å². The van der Waals surface area contributed by atoms with Gasteiger partial charge in [-0.05, 0) is 49.2 Å². The Morgan fingerprint density at radius 3 is 2.44 bits per heavy atom. The Hall–Kier alpha value is -2.80. The van der Waals surface area contributed by atoms with Gasteiger partial charge in [-0.3, -0.25) is 10.1 Å². The van der Waals surface area contributed by atoms with Crippen molar-refractivity contribution >= 4 is 43.4 Å². The van der Waals surface area contributed by atoms with Crippen LogP contribution in [0.25, 0.3) is 0 Å². The van der Waals surface area contributed by atoms with E-state index in [9.17, 15) is 21.6 Å². The number of sulfone groups is 1. The van der Waals surface area contributed by atoms with E-state index in [0.29, 0.717) is 17.9 Å². The summed E-state index contributed by atoms with van der Waals surface area (Å²) in [5.74, 6) is -1.82. The number of hydrogen-bond donors (Lipinski definition) is 1. The Bertz CT molecular complexity index is 1380. The van der Waals surface area contributed by atoms with Crippen LogP contribution >= 0.6 is 11.6 Å². The molecule has 1 N–H and O–H groups in total. The second kappa shape index (κ2) is 9.82. The number of aromatic nitrogens is 2. The molecule has 2 aromatic carbocycles. The number of rotatable bonds is 7. The van der Waals surface area contributed by atoms with Crippen LogP contribution in [0.2, 0.25) is 5.02 Å². The van der Waals surface area contributed by atoms with Crippen molar-refractivity contribution in [3.63, 3.8) is 0 Å². The first-order valence-corrected chi connectivity index (χ1v) is 13.8. The fourth-order valence-electron chi connectivity index (χ4n) is 3.57. The Morgan fingerprint density at radius 2 is 1.74 bits per heavy atom. The summed E-state index contributed by atoms with van der Waals surface area (Å²) in [5.41, 5.74) is 0. The Balaban J connectivity index is 1.40. The van der Waals surface area contributed by atoms with Crippen molar-refractivity contribution in [3.8, 4) is 0 Å². The van der Waals surface area contributed by atoms with Crippen LogP contribution in [-0.2, 0) is 30.4 Å². The molecule has 3 aromatic rings. The summed E-state index contributed by atoms with van der Waals surface area (Å²) in [6, 6.07) is 13.4. The van der Waals surface area contributed by atoms with Crippen LogP contribution in [0.4, 0.5) is 6.01 Å². The zero-order valence-corrected chi connectivity index (χ0v) is 20.2. The number of anilines is 1. The average molecular weight is 525 g/mol. The first-order valence-electron chi connectivity index (χ1n) is 10.3. The van der Waals surface area contributed by atoms with Gasteiger partial charge in [0.1, 0.15) is 5.75 Å². The molecule has 1 unspecified atom stereocenters. The fraction of sp³-hybridized carbons (Fsp3) is 0.286. The molecule has 0 spiro atoms. The molecule has 1 aromatic heterocycles. The van der Waals surface area contributed by atoms with E-state index < -0.39 is 37.4 Å². The Kier molecular flexibility index (Phi) is 7.03. The van der Waals surface area contributed by atoms with Crippen LogP contribution in [-0.4, -0.2) is 50.3 Å². The predicted molar refractivity (Wildman–Crippen MR) is 123 cm³/mol. The highest BCUT2D eigenvalue weighted by molar-refractivity contribution is 7.90. The number of benzene rings is 2. The lowest BCUT2D eigenvalue weighted by atomic mass is 9.99. The molecule has 10 nitrogen and oxygen atoms in total. The topological polar surface area (TPSA) is 140 Å². The third-order valence-corrected chi connectivity index (χ3v) is 9.07. The van der Waals surface area contributed by atoms with E-state index in [1.165, 1.54) is 40.7 Å². The lowest BCUT2D eigenvalue weighted by molar-refractivity contribution is -0.121. The minimum atomic E-state index is -3.78. The monoisotopic (exact) mass is 524 g/mol. The van der Waals surface area contributed by atoms with Gasteiger partial charge < -0.3 is 4.42 Å². The molecule has 34 heavy (non-hydrogen) atoms. The predicted octanol–water partition coefficient (Wildman–Crippen LogP) is 2.74. The van der Waals surface area contributed by atoms with Crippen molar-refractivity contribution in [2.45, 2.75) is 28.4 Å². The molecule has 1 amide bonds. The number of carbonyl (C=O) groups is 1. The summed E-state index contributed by atoms with van der Waals surface area (Å²) in [4.78, 5) is 13.0. The molecule has 0 radical (unpaired) electrons. The van der Waals surface area contributed by atoms with Gasteiger partial charge in [-0.2, -0.15) is 4.31 Å². The summed E-state index contributed by atoms with van der Waals surface area (Å²) in [5, 5.41) is 10.3. The van der Waals surface area contributed by atoms with Crippen LogP contribution < -0.4 is 5.32 Å². The maximum absolute atomic E-state index is 12.9. The van der Waals surface area contributed by atoms with Crippen LogP contribution in [0.5, 0.6) is 0 Å². The quantitative estimate of drug-likeness (QED) is 0.497. The van der Waals surface area contributed by atoms with Crippen molar-refractivity contribution in [1.29, 1.82) is 0 Å². The second-order valence-electron chi connectivity index (χ2n) is 7.72. The number of piperidine rings is 1. The van der Waals surface area contributed by atoms with E-state index >= 15 is 0 Å². The number of nitrogens with one attached hydrogen (secondary N) is 1. The number of amides is 1. The average Bonchev–Trinajstić information content (AvgIpc) is 3.26. The lowest BCUT2D eigenvalue weighted by Gasteiger charge is -2.30. The van der Waals surface area contributed by atoms with E-state index in [2.05, 4.69) is 15.5 Å². The van der Waals surface area contributed by atoms with Crippen LogP contribution in [0.3, 0.4) is 0 Å². The Labute approximate surface area is 201 Å². The van der Waals surface area contributed by atoms with Gasteiger partial charge >= 0.3 is 6.01 Å². The van der Waals surface area contributed by atoms with Gasteiger partial charge in [-0.15, -0.1) is 5.10 Å². The summed E-state index contributed by atoms with van der Waals surface area (Å²) >= 11 is 5.84. The number of sulfonamides is 1. The molecule has 4 rings (SSSR count). The standard InChI is InChI=1S/C21H21ClN4O6S2/c22-16-8-10-18(11-9-16)34(30,31)26-12-4-5-15(13-26)20(27)23-21-25-24-19(32-21)14-33(28,29)17-6-2-1-3-7-17/h1-3,6-11,15H,4-5,12-14H2,(H,23,25,27). The maximum atomic E-state index is 12.9. The summed E-state index contributed by atoms with van der Waals surface area (Å²) in [6.07, 6.45) is 0.969. The third-order valence-electron chi connectivity index (χ3n) is 5.32. The molecule has 1 saturated heterocycles. The highest BCUT2D eigenvalue weighted by Crippen LogP contribution is 2.26. The third kappa shape index (κ3) is 5.46. The van der Waals surface area contributed by atoms with E-state index in [1.807, 2.05) is 0 Å². The number of halogens is 1. The van der Waals surface area contributed by atoms with E-state index in [1.54, 1.807) is 18.2 Å². The molecular formula is C21H21ClN4O6S2. The van der Waals surface area contributed by atoms with Crippen molar-refractivity contribution in [2.75, 3.05) is 18.4 Å². The number of nitrogens with zero attached hydrogens (tertiary/aromatic N) is 3. The first-order chi connectivity index (χ1) is 16.1. The summed E-state index contributed by atoms with van der Waals surface area (Å²) in [6.45, 7) is 0.275. The number of hydrogen-bond acceptors (Lipinski definition) is 8. The van der Waals surface area contributed by atoms with Crippen molar-refractivity contribution in [3.05, 3.63) is 65.5 Å². The first kappa shape index (κ1) is 24.3. The molecule has 13 heteroatoms. The highest BCUT2D eigenvalue weighted by atomic mass is 35.5. The smallest absolute Gasteiger partial charge is 0.322 e. The fourth-order valence-corrected chi connectivity index (χ4v) is 6.40. The van der Waals surface area contributed by atoms with Gasteiger partial charge in [0, 0.05) is 18.1 Å². The van der Waals surface area contributed by atoms with Gasteiger partial charge in [0.15, 0.2) is 9.84 Å². The normalized spacial score (nSPS) is 17.4. The zero-order valence-electron chi connectivity index (χ0n) is 17.8. The van der Waals surface area contributed by atoms with Crippen LogP contribution in [0.1, 0.15) is 18.7 Å². The molecule has 1 fully saturated rings. The summed E-state index contributed by atoms with van der Waals surface area (Å²) < 4.78 is 57.3. The molecule has 2 heterocycles. The van der Waals surface area contributed by atoms with E-state index in [-0.39, 0.29) is 34.8 Å². The molecule has 0 saturated carbocycles. The highest BCUT2D eigenvalue weighted by Gasteiger charge is 2.34. The maximum Gasteiger partial charge on any atom is 0.322 e. The molecule has 0 aliphatic carbocycles. The SMILES string of the molecule is O=C(Nc1nnc(CS(=O)(=O)c2ccccc2)o1)C1CCCN(S(=O)(=O)c2ccc(Cl)cc2)C1. The van der Waals surface area contributed by atoms with Gasteiger partial charge in [-0.25, -0.2) is 16.8 Å². The zero-order chi connectivity index (χ0) is 24.3. The van der Waals surface area contributed by atoms with Gasteiger partial charge in [0.2, 0.25) is 21.8 Å². The minimum absolute atomic E-state index is 0.0137. The largest absolute Gasteiger partial charge is 0.407 e. The van der Waals surface area contributed by atoms with Gasteiger partial charge in [-0.1, -0.05) is 34.9 Å². The van der Waals surface area contributed by atoms with Crippen molar-refractivity contribution in [2.24, 2.45) is 5.92 Å². The van der Waals surface area contributed by atoms with E-state index in [4.69, 9.17) is 16.0 Å². The van der Waals surface area contributed by atoms with Gasteiger partial charge in [0.05, 0.1) is 15.7 Å². The van der Waals surface area contributed by atoms with Gasteiger partial charge in [0.25, 0.3) is 0 Å². The molecule has 1 aliphatic heterocycles. The molecule has 1 atom stereocenters. The van der Waals surface area contributed by atoms with Crippen LogP contribution in [0, 0.1) is 5.92 Å². The molecule has 0 bridgehead atoms. The molecular weight excluding hydrogens is 504 g/mol. The number of carbonyl (C=O) groups excluding carboxylic acids is 1. The van der Waals surface area contributed by atoms with Crippen molar-refractivity contribution < 1.29 is 26.0 Å².